The van der Waals surface area contributed by atoms with Gasteiger partial charge in [0.25, 0.3) is 0 Å². The van der Waals surface area contributed by atoms with Gasteiger partial charge >= 0.3 is 0 Å². The Hall–Kier alpha value is -2.57. The number of imidazole rings is 1. The highest BCUT2D eigenvalue weighted by atomic mass is 32.2. The zero-order valence-electron chi connectivity index (χ0n) is 17.9. The van der Waals surface area contributed by atoms with Crippen LogP contribution in [0.5, 0.6) is 0 Å². The molecule has 2 aliphatic rings. The van der Waals surface area contributed by atoms with E-state index in [1.165, 1.54) is 11.3 Å². The Morgan fingerprint density at radius 2 is 2.09 bits per heavy atom. The molecular formula is C21H28N8O2S. The molecule has 170 valence electrons. The highest BCUT2D eigenvalue weighted by molar-refractivity contribution is 7.98. The van der Waals surface area contributed by atoms with Crippen molar-refractivity contribution in [3.63, 3.8) is 0 Å². The highest BCUT2D eigenvalue weighted by Crippen LogP contribution is 2.31. The molecule has 1 saturated heterocycles. The smallest absolute Gasteiger partial charge is 0.191 e. The van der Waals surface area contributed by atoms with Crippen LogP contribution < -0.4 is 26.6 Å². The second kappa shape index (κ2) is 9.12. The van der Waals surface area contributed by atoms with Crippen LogP contribution in [-0.2, 0) is 10.5 Å². The van der Waals surface area contributed by atoms with Crippen molar-refractivity contribution in [3.8, 4) is 0 Å². The first-order valence-corrected chi connectivity index (χ1v) is 11.8. The first-order chi connectivity index (χ1) is 15.6. The van der Waals surface area contributed by atoms with Crippen molar-refractivity contribution in [3.05, 3.63) is 36.2 Å². The Labute approximate surface area is 190 Å². The van der Waals surface area contributed by atoms with Gasteiger partial charge in [-0.1, -0.05) is 0 Å². The molecule has 11 heteroatoms. The molecule has 1 unspecified atom stereocenters. The number of nitrogens with one attached hydrogen (secondary N) is 3. The number of ether oxygens (including phenoxy) is 1. The lowest BCUT2D eigenvalue weighted by atomic mass is 10.1. The van der Waals surface area contributed by atoms with E-state index in [1.54, 1.807) is 22.7 Å². The van der Waals surface area contributed by atoms with Gasteiger partial charge in [0.2, 0.25) is 0 Å². The monoisotopic (exact) mass is 456 g/mol. The topological polar surface area (TPSA) is 126 Å². The average molecular weight is 457 g/mol. The molecule has 1 fully saturated rings. The van der Waals surface area contributed by atoms with Crippen molar-refractivity contribution in [2.24, 2.45) is 5.73 Å². The summed E-state index contributed by atoms with van der Waals surface area (Å²) in [4.78, 5) is 11.5. The summed E-state index contributed by atoms with van der Waals surface area (Å²) in [6.45, 7) is 3.21. The molecule has 0 radical (unpaired) electrons. The molecule has 0 spiro atoms. The summed E-state index contributed by atoms with van der Waals surface area (Å²) in [5, 5.41) is 20.4. The number of morpholine rings is 1. The molecule has 1 aromatic carbocycles. The molecule has 4 heterocycles. The summed E-state index contributed by atoms with van der Waals surface area (Å²) in [7, 11) is 1.84. The largest absolute Gasteiger partial charge is 0.386 e. The number of nitrogens with zero attached hydrogens (tertiary/aromatic N) is 4. The number of hydrogen-bond acceptors (Lipinski definition) is 10. The van der Waals surface area contributed by atoms with Crippen LogP contribution in [0.1, 0.15) is 11.9 Å². The van der Waals surface area contributed by atoms with Gasteiger partial charge in [0.15, 0.2) is 12.0 Å². The van der Waals surface area contributed by atoms with E-state index in [1.807, 2.05) is 13.1 Å². The number of thioether (sulfide) groups is 1. The minimum Gasteiger partial charge on any atom is -0.386 e. The Balaban J connectivity index is 1.59. The Morgan fingerprint density at radius 1 is 1.25 bits per heavy atom. The predicted molar refractivity (Wildman–Crippen MR) is 128 cm³/mol. The van der Waals surface area contributed by atoms with Crippen LogP contribution in [0, 0.1) is 0 Å². The minimum absolute atomic E-state index is 0.387. The van der Waals surface area contributed by atoms with Gasteiger partial charge in [-0.05, 0) is 23.8 Å². The van der Waals surface area contributed by atoms with E-state index in [4.69, 9.17) is 15.5 Å². The molecule has 0 amide bonds. The number of benzene rings is 1. The fourth-order valence-corrected chi connectivity index (χ4v) is 4.92. The fraction of sp³-hybridized carbons (Fsp3) is 0.429. The fourth-order valence-electron chi connectivity index (χ4n) is 4.05. The van der Waals surface area contributed by atoms with Crippen LogP contribution in [0.25, 0.3) is 11.2 Å². The maximum atomic E-state index is 10.7. The first kappa shape index (κ1) is 21.3. The number of fused-ring (bicyclic) bond motifs is 3. The lowest BCUT2D eigenvalue weighted by Gasteiger charge is -2.30. The number of anilines is 4. The summed E-state index contributed by atoms with van der Waals surface area (Å²) < 4.78 is 7.12. The molecule has 6 N–H and O–H groups in total. The normalized spacial score (nSPS) is 21.9. The van der Waals surface area contributed by atoms with Gasteiger partial charge in [0, 0.05) is 49.1 Å². The molecule has 0 aliphatic carbocycles. The van der Waals surface area contributed by atoms with Gasteiger partial charge < -0.3 is 31.1 Å². The average Bonchev–Trinajstić information content (AvgIpc) is 3.22. The van der Waals surface area contributed by atoms with E-state index in [2.05, 4.69) is 44.0 Å². The number of hydrogen-bond donors (Lipinski definition) is 5. The molecule has 3 aromatic rings. The van der Waals surface area contributed by atoms with Gasteiger partial charge in [-0.2, -0.15) is 11.8 Å². The number of aromatic nitrogens is 3. The number of rotatable bonds is 2. The molecule has 4 bridgehead atoms. The van der Waals surface area contributed by atoms with Crippen LogP contribution in [-0.4, -0.2) is 64.9 Å². The van der Waals surface area contributed by atoms with E-state index < -0.39 is 6.35 Å². The number of aliphatic hydroxyl groups excluding tert-OH is 1. The third-order valence-electron chi connectivity index (χ3n) is 5.62. The Kier molecular flexibility index (Phi) is 6.07. The van der Waals surface area contributed by atoms with Gasteiger partial charge in [-0.15, -0.1) is 0 Å². The van der Waals surface area contributed by atoms with Crippen molar-refractivity contribution in [2.75, 3.05) is 54.6 Å². The number of nitrogens with two attached hydrogens (primary N) is 1. The molecule has 2 aliphatic heterocycles. The minimum atomic E-state index is -1.03. The van der Waals surface area contributed by atoms with Crippen molar-refractivity contribution >= 4 is 45.8 Å². The quantitative estimate of drug-likeness (QED) is 0.388. The molecule has 10 nitrogen and oxygen atoms in total. The third-order valence-corrected chi connectivity index (χ3v) is 6.75. The summed E-state index contributed by atoms with van der Waals surface area (Å²) in [5.74, 6) is 2.12. The van der Waals surface area contributed by atoms with Gasteiger partial charge in [0.05, 0.1) is 25.1 Å². The van der Waals surface area contributed by atoms with Crippen LogP contribution >= 0.6 is 11.8 Å². The second-order valence-corrected chi connectivity index (χ2v) is 8.93. The highest BCUT2D eigenvalue weighted by Gasteiger charge is 2.19. The van der Waals surface area contributed by atoms with Crippen LogP contribution in [0.3, 0.4) is 0 Å². The van der Waals surface area contributed by atoms with E-state index in [9.17, 15) is 5.11 Å². The molecule has 32 heavy (non-hydrogen) atoms. The Morgan fingerprint density at radius 3 is 2.91 bits per heavy atom. The van der Waals surface area contributed by atoms with Crippen LogP contribution in [0.4, 0.5) is 22.9 Å². The Bertz CT molecular complexity index is 1100. The van der Waals surface area contributed by atoms with E-state index in [0.29, 0.717) is 22.7 Å². The molecular weight excluding hydrogens is 428 g/mol. The SMILES string of the molecule is CNc1cc2nc3c1ncn3C(O)N[C@H](N)CSCc1cc(cc(N3CCOCC3)c1)N2. The second-order valence-electron chi connectivity index (χ2n) is 7.90. The van der Waals surface area contributed by atoms with Crippen molar-refractivity contribution in [1.82, 2.24) is 19.9 Å². The summed E-state index contributed by atoms with van der Waals surface area (Å²) in [6.07, 6.45) is 0.155. The van der Waals surface area contributed by atoms with E-state index in [0.717, 1.165) is 43.4 Å². The van der Waals surface area contributed by atoms with Crippen LogP contribution in [0.15, 0.2) is 30.6 Å². The molecule has 2 atom stereocenters. The van der Waals surface area contributed by atoms with Crippen molar-refractivity contribution < 1.29 is 9.84 Å². The maximum Gasteiger partial charge on any atom is 0.191 e. The predicted octanol–water partition coefficient (Wildman–Crippen LogP) is 1.62. The number of aliphatic hydroxyl groups is 1. The molecule has 0 saturated carbocycles. The maximum absolute atomic E-state index is 10.7. The first-order valence-electron chi connectivity index (χ1n) is 10.7. The number of pyridine rings is 1. The van der Waals surface area contributed by atoms with Crippen molar-refractivity contribution in [1.29, 1.82) is 0 Å². The zero-order valence-corrected chi connectivity index (χ0v) is 18.7. The van der Waals surface area contributed by atoms with Gasteiger partial charge in [-0.3, -0.25) is 9.88 Å². The van der Waals surface area contributed by atoms with E-state index in [-0.39, 0.29) is 6.17 Å². The lowest BCUT2D eigenvalue weighted by Crippen LogP contribution is -2.43. The zero-order chi connectivity index (χ0) is 22.1. The van der Waals surface area contributed by atoms with E-state index >= 15 is 0 Å². The van der Waals surface area contributed by atoms with Crippen molar-refractivity contribution in [2.45, 2.75) is 18.3 Å². The van der Waals surface area contributed by atoms with Gasteiger partial charge in [-0.25, -0.2) is 9.97 Å². The summed E-state index contributed by atoms with van der Waals surface area (Å²) >= 11 is 1.73. The van der Waals surface area contributed by atoms with Crippen LogP contribution in [0.2, 0.25) is 0 Å². The third kappa shape index (κ3) is 4.34. The summed E-state index contributed by atoms with van der Waals surface area (Å²) in [5.41, 5.74) is 11.6. The summed E-state index contributed by atoms with van der Waals surface area (Å²) in [6, 6.07) is 8.45. The standard InChI is InChI=1S/C21H28N8O2S/c1-23-16-9-18-25-14-6-13(7-15(8-14)28-2-4-31-5-3-28)10-32-11-17(22)26-21(30)29-12-24-19(16)20(29)27-18/h6-9,12,17,21,26,30H,2-5,10-11,22H2,1H3,(H2,23,25,27)/t17-,21?/m0/s1. The van der Waals surface area contributed by atoms with Gasteiger partial charge in [0.1, 0.15) is 17.7 Å². The lowest BCUT2D eigenvalue weighted by molar-refractivity contribution is 0.0615. The molecule has 2 aromatic heterocycles. The molecule has 5 rings (SSSR count).